The van der Waals surface area contributed by atoms with E-state index in [0.717, 1.165) is 32.4 Å². The number of likely N-dealkylation sites (tertiary alicyclic amines) is 2. The maximum absolute atomic E-state index is 15.5. The fourth-order valence-electron chi connectivity index (χ4n) is 4.56. The lowest BCUT2D eigenvalue weighted by Gasteiger charge is -2.38. The molecular weight excluding hydrogens is 329 g/mol. The number of amides is 1. The summed E-state index contributed by atoms with van der Waals surface area (Å²) in [5, 5.41) is 1.23. The summed E-state index contributed by atoms with van der Waals surface area (Å²) in [7, 11) is 0. The smallest absolute Gasteiger partial charge is 0.261 e. The van der Waals surface area contributed by atoms with Crippen molar-refractivity contribution in [2.75, 3.05) is 26.2 Å². The molecule has 4 nitrogen and oxygen atoms in total. The molecule has 1 aromatic heterocycles. The quantitative estimate of drug-likeness (QED) is 0.837. The largest absolute Gasteiger partial charge is 0.347 e. The summed E-state index contributed by atoms with van der Waals surface area (Å²) < 4.78 is 17.8. The Morgan fingerprint density at radius 1 is 1.15 bits per heavy atom. The van der Waals surface area contributed by atoms with Gasteiger partial charge in [-0.3, -0.25) is 9.69 Å². The van der Waals surface area contributed by atoms with Crippen molar-refractivity contribution < 1.29 is 9.18 Å². The molecule has 1 atom stereocenters. The predicted molar refractivity (Wildman–Crippen MR) is 102 cm³/mol. The Labute approximate surface area is 154 Å². The van der Waals surface area contributed by atoms with E-state index in [2.05, 4.69) is 46.9 Å². The summed E-state index contributed by atoms with van der Waals surface area (Å²) in [6.45, 7) is 6.26. The van der Waals surface area contributed by atoms with Crippen LogP contribution in [-0.2, 0) is 17.9 Å². The summed E-state index contributed by atoms with van der Waals surface area (Å²) in [5.74, 6) is -0.282. The molecule has 0 bridgehead atoms. The first-order chi connectivity index (χ1) is 12.6. The van der Waals surface area contributed by atoms with Crippen LogP contribution in [0.3, 0.4) is 0 Å². The molecule has 0 N–H and O–H groups in total. The highest BCUT2D eigenvalue weighted by Gasteiger charge is 2.45. The lowest BCUT2D eigenvalue weighted by Crippen LogP contribution is -2.54. The molecule has 0 saturated carbocycles. The number of fused-ring (bicyclic) bond motifs is 1. The first-order valence-corrected chi connectivity index (χ1v) is 9.88. The predicted octanol–water partition coefficient (Wildman–Crippen LogP) is 3.59. The van der Waals surface area contributed by atoms with E-state index < -0.39 is 5.67 Å². The van der Waals surface area contributed by atoms with Crippen LogP contribution >= 0.6 is 0 Å². The van der Waals surface area contributed by atoms with Crippen molar-refractivity contribution in [3.8, 4) is 0 Å². The molecule has 1 aromatic carbocycles. The van der Waals surface area contributed by atoms with Crippen molar-refractivity contribution >= 4 is 16.8 Å². The van der Waals surface area contributed by atoms with Gasteiger partial charge in [0.1, 0.15) is 0 Å². The van der Waals surface area contributed by atoms with Gasteiger partial charge < -0.3 is 9.47 Å². The van der Waals surface area contributed by atoms with E-state index in [1.807, 2.05) is 0 Å². The highest BCUT2D eigenvalue weighted by atomic mass is 19.1. The molecule has 2 aliphatic rings. The second kappa shape index (κ2) is 7.03. The standard InChI is InChI=1S/C21H28FN3O/c1-2-24-15-17(18-8-3-4-9-19(18)24)14-23-11-7-10-21(22,16-23)20(26)25-12-5-6-13-25/h3-4,8-9,15H,2,5-7,10-14,16H2,1H3. The average molecular weight is 357 g/mol. The van der Waals surface area contributed by atoms with Gasteiger partial charge in [-0.2, -0.15) is 0 Å². The normalized spacial score (nSPS) is 24.5. The Hall–Kier alpha value is -1.88. The van der Waals surface area contributed by atoms with Gasteiger partial charge in [0.25, 0.3) is 5.91 Å². The van der Waals surface area contributed by atoms with Crippen LogP contribution in [0.5, 0.6) is 0 Å². The number of para-hydroxylation sites is 1. The third-order valence-corrected chi connectivity index (χ3v) is 5.90. The van der Waals surface area contributed by atoms with E-state index in [9.17, 15) is 4.79 Å². The fourth-order valence-corrected chi connectivity index (χ4v) is 4.56. The Kier molecular flexibility index (Phi) is 4.74. The monoisotopic (exact) mass is 357 g/mol. The van der Waals surface area contributed by atoms with Gasteiger partial charge in [-0.05, 0) is 50.8 Å². The van der Waals surface area contributed by atoms with Gasteiger partial charge in [0, 0.05) is 49.8 Å². The minimum absolute atomic E-state index is 0.216. The van der Waals surface area contributed by atoms with Crippen LogP contribution in [0.25, 0.3) is 10.9 Å². The van der Waals surface area contributed by atoms with Gasteiger partial charge in [-0.1, -0.05) is 18.2 Å². The third-order valence-electron chi connectivity index (χ3n) is 5.90. The number of rotatable bonds is 4. The maximum Gasteiger partial charge on any atom is 0.261 e. The molecule has 3 heterocycles. The number of alkyl halides is 1. The minimum Gasteiger partial charge on any atom is -0.347 e. The first-order valence-electron chi connectivity index (χ1n) is 9.88. The van der Waals surface area contributed by atoms with Crippen LogP contribution in [0.15, 0.2) is 30.5 Å². The highest BCUT2D eigenvalue weighted by molar-refractivity contribution is 5.86. The van der Waals surface area contributed by atoms with Gasteiger partial charge in [-0.15, -0.1) is 0 Å². The Balaban J connectivity index is 1.53. The fraction of sp³-hybridized carbons (Fsp3) is 0.571. The number of benzene rings is 1. The lowest BCUT2D eigenvalue weighted by atomic mass is 9.92. The van der Waals surface area contributed by atoms with E-state index in [-0.39, 0.29) is 12.5 Å². The molecule has 140 valence electrons. The number of halogens is 1. The van der Waals surface area contributed by atoms with E-state index in [1.165, 1.54) is 16.5 Å². The zero-order valence-electron chi connectivity index (χ0n) is 15.6. The van der Waals surface area contributed by atoms with Gasteiger partial charge in [0.2, 0.25) is 5.67 Å². The van der Waals surface area contributed by atoms with Crippen LogP contribution in [-0.4, -0.2) is 52.1 Å². The molecular formula is C21H28FN3O. The number of aryl methyl sites for hydroxylation is 1. The number of carbonyl (C=O) groups is 1. The average Bonchev–Trinajstić information content (AvgIpc) is 3.30. The van der Waals surface area contributed by atoms with Crippen LogP contribution in [0.2, 0.25) is 0 Å². The molecule has 0 aliphatic carbocycles. The number of piperidine rings is 1. The van der Waals surface area contributed by atoms with Crippen molar-refractivity contribution in [3.05, 3.63) is 36.0 Å². The number of carbonyl (C=O) groups excluding carboxylic acids is 1. The van der Waals surface area contributed by atoms with E-state index in [1.54, 1.807) is 4.90 Å². The molecule has 1 unspecified atom stereocenters. The first kappa shape index (κ1) is 17.5. The number of aromatic nitrogens is 1. The Morgan fingerprint density at radius 2 is 1.92 bits per heavy atom. The molecule has 0 radical (unpaired) electrons. The van der Waals surface area contributed by atoms with Gasteiger partial charge in [-0.25, -0.2) is 4.39 Å². The van der Waals surface area contributed by atoms with Crippen molar-refractivity contribution in [1.82, 2.24) is 14.4 Å². The highest BCUT2D eigenvalue weighted by Crippen LogP contribution is 2.31. The van der Waals surface area contributed by atoms with E-state index >= 15 is 4.39 Å². The molecule has 5 heteroatoms. The van der Waals surface area contributed by atoms with Gasteiger partial charge in [0.05, 0.1) is 0 Å². The molecule has 1 amide bonds. The second-order valence-corrected chi connectivity index (χ2v) is 7.74. The zero-order valence-corrected chi connectivity index (χ0v) is 15.6. The maximum atomic E-state index is 15.5. The van der Waals surface area contributed by atoms with Crippen molar-refractivity contribution in [3.63, 3.8) is 0 Å². The summed E-state index contributed by atoms with van der Waals surface area (Å²) in [4.78, 5) is 16.6. The molecule has 26 heavy (non-hydrogen) atoms. The van der Waals surface area contributed by atoms with E-state index in [4.69, 9.17) is 0 Å². The van der Waals surface area contributed by atoms with E-state index in [0.29, 0.717) is 26.1 Å². The Bertz CT molecular complexity index is 796. The molecule has 0 spiro atoms. The van der Waals surface area contributed by atoms with Crippen LogP contribution in [0.4, 0.5) is 4.39 Å². The van der Waals surface area contributed by atoms with Crippen molar-refractivity contribution in [2.24, 2.45) is 0 Å². The molecule has 4 rings (SSSR count). The number of hydrogen-bond donors (Lipinski definition) is 0. The number of nitrogens with zero attached hydrogens (tertiary/aromatic N) is 3. The minimum atomic E-state index is -1.72. The second-order valence-electron chi connectivity index (χ2n) is 7.74. The van der Waals surface area contributed by atoms with Gasteiger partial charge >= 0.3 is 0 Å². The molecule has 2 fully saturated rings. The molecule has 2 saturated heterocycles. The molecule has 2 aromatic rings. The topological polar surface area (TPSA) is 28.5 Å². The summed E-state index contributed by atoms with van der Waals surface area (Å²) in [6.07, 6.45) is 5.28. The zero-order chi connectivity index (χ0) is 18.1. The Morgan fingerprint density at radius 3 is 2.69 bits per heavy atom. The lowest BCUT2D eigenvalue weighted by molar-refractivity contribution is -0.147. The third kappa shape index (κ3) is 3.13. The van der Waals surface area contributed by atoms with Crippen molar-refractivity contribution in [2.45, 2.75) is 51.4 Å². The SMILES string of the molecule is CCn1cc(CN2CCCC(F)(C(=O)N3CCCC3)C2)c2ccccc21. The summed E-state index contributed by atoms with van der Waals surface area (Å²) in [6, 6.07) is 8.38. The van der Waals surface area contributed by atoms with Crippen LogP contribution in [0, 0.1) is 0 Å². The van der Waals surface area contributed by atoms with Gasteiger partial charge in [0.15, 0.2) is 0 Å². The van der Waals surface area contributed by atoms with Crippen LogP contribution < -0.4 is 0 Å². The van der Waals surface area contributed by atoms with Crippen molar-refractivity contribution in [1.29, 1.82) is 0 Å². The summed E-state index contributed by atoms with van der Waals surface area (Å²) in [5.41, 5.74) is 0.730. The number of hydrogen-bond acceptors (Lipinski definition) is 2. The summed E-state index contributed by atoms with van der Waals surface area (Å²) >= 11 is 0. The van der Waals surface area contributed by atoms with Crippen LogP contribution in [0.1, 0.15) is 38.2 Å². The molecule has 2 aliphatic heterocycles.